The molecule has 0 saturated carbocycles. The molecule has 3 rings (SSSR count). The van der Waals surface area contributed by atoms with Gasteiger partial charge in [-0.2, -0.15) is 0 Å². The molecule has 0 spiro atoms. The molecule has 1 N–H and O–H groups in total. The van der Waals surface area contributed by atoms with Gasteiger partial charge in [0.15, 0.2) is 5.43 Å². The Labute approximate surface area is 129 Å². The van der Waals surface area contributed by atoms with Crippen LogP contribution in [0.4, 0.5) is 5.13 Å². The Morgan fingerprint density at radius 2 is 2.14 bits per heavy atom. The average Bonchev–Trinajstić information content (AvgIpc) is 2.92. The van der Waals surface area contributed by atoms with Gasteiger partial charge in [-0.25, -0.2) is 0 Å². The highest BCUT2D eigenvalue weighted by Gasteiger charge is 2.06. The normalized spacial score (nSPS) is 11.1. The lowest BCUT2D eigenvalue weighted by atomic mass is 10.1. The first-order valence-corrected chi connectivity index (χ1v) is 7.25. The number of aromatic nitrogens is 2. The van der Waals surface area contributed by atoms with Crippen molar-refractivity contribution in [2.24, 2.45) is 0 Å². The van der Waals surface area contributed by atoms with E-state index in [-0.39, 0.29) is 11.3 Å². The average molecular weight is 313 g/mol. The van der Waals surface area contributed by atoms with E-state index in [1.165, 1.54) is 29.8 Å². The summed E-state index contributed by atoms with van der Waals surface area (Å²) >= 11 is 1.27. The number of anilines is 1. The van der Waals surface area contributed by atoms with Gasteiger partial charge in [-0.15, -0.1) is 10.2 Å². The summed E-state index contributed by atoms with van der Waals surface area (Å²) in [4.78, 5) is 24.0. The zero-order valence-corrected chi connectivity index (χ0v) is 12.4. The SMILES string of the molecule is Cc1nnc(NC(=O)/C=C/c2coc3ccccc3c2=O)s1. The number of aryl methyl sites for hydroxylation is 1. The number of nitrogens with one attached hydrogen (secondary N) is 1. The van der Waals surface area contributed by atoms with Crippen LogP contribution in [-0.4, -0.2) is 16.1 Å². The van der Waals surface area contributed by atoms with Gasteiger partial charge in [-0.05, 0) is 25.1 Å². The Morgan fingerprint density at radius 1 is 1.32 bits per heavy atom. The Kier molecular flexibility index (Phi) is 3.80. The molecule has 0 bridgehead atoms. The van der Waals surface area contributed by atoms with E-state index in [9.17, 15) is 9.59 Å². The minimum Gasteiger partial charge on any atom is -0.463 e. The third kappa shape index (κ3) is 2.94. The second-order valence-electron chi connectivity index (χ2n) is 4.47. The maximum Gasteiger partial charge on any atom is 0.250 e. The van der Waals surface area contributed by atoms with Crippen molar-refractivity contribution in [2.45, 2.75) is 6.92 Å². The summed E-state index contributed by atoms with van der Waals surface area (Å²) in [6.07, 6.45) is 4.02. The van der Waals surface area contributed by atoms with E-state index in [4.69, 9.17) is 4.42 Å². The summed E-state index contributed by atoms with van der Waals surface area (Å²) < 4.78 is 5.37. The third-order valence-corrected chi connectivity index (χ3v) is 3.63. The first-order chi connectivity index (χ1) is 10.6. The molecule has 2 heterocycles. The number of fused-ring (bicyclic) bond motifs is 1. The molecule has 0 aliphatic rings. The summed E-state index contributed by atoms with van der Waals surface area (Å²) in [6.45, 7) is 1.80. The molecule has 110 valence electrons. The zero-order chi connectivity index (χ0) is 15.5. The number of carbonyl (C=O) groups excluding carboxylic acids is 1. The lowest BCUT2D eigenvalue weighted by Gasteiger charge is -1.98. The molecular weight excluding hydrogens is 302 g/mol. The Morgan fingerprint density at radius 3 is 2.91 bits per heavy atom. The van der Waals surface area contributed by atoms with Gasteiger partial charge in [-0.1, -0.05) is 23.5 Å². The van der Waals surface area contributed by atoms with Crippen molar-refractivity contribution in [3.63, 3.8) is 0 Å². The summed E-state index contributed by atoms with van der Waals surface area (Å²) in [5, 5.41) is 11.8. The van der Waals surface area contributed by atoms with Crippen molar-refractivity contribution < 1.29 is 9.21 Å². The number of carbonyl (C=O) groups is 1. The van der Waals surface area contributed by atoms with Gasteiger partial charge in [0.05, 0.1) is 10.9 Å². The van der Waals surface area contributed by atoms with Gasteiger partial charge in [0, 0.05) is 6.08 Å². The van der Waals surface area contributed by atoms with Crippen LogP contribution < -0.4 is 10.7 Å². The van der Waals surface area contributed by atoms with Crippen LogP contribution in [-0.2, 0) is 4.79 Å². The lowest BCUT2D eigenvalue weighted by Crippen LogP contribution is -2.09. The lowest BCUT2D eigenvalue weighted by molar-refractivity contribution is -0.111. The molecule has 1 amide bonds. The summed E-state index contributed by atoms with van der Waals surface area (Å²) in [5.74, 6) is -0.385. The molecule has 6 nitrogen and oxygen atoms in total. The van der Waals surface area contributed by atoms with Crippen LogP contribution >= 0.6 is 11.3 Å². The summed E-state index contributed by atoms with van der Waals surface area (Å²) in [7, 11) is 0. The van der Waals surface area contributed by atoms with Crippen LogP contribution in [0, 0.1) is 6.92 Å². The van der Waals surface area contributed by atoms with E-state index in [0.29, 0.717) is 21.7 Å². The maximum atomic E-state index is 12.2. The summed E-state index contributed by atoms with van der Waals surface area (Å²) in [6, 6.07) is 6.95. The Hall–Kier alpha value is -2.80. The second-order valence-corrected chi connectivity index (χ2v) is 5.65. The molecular formula is C15H11N3O3S. The number of nitrogens with zero attached hydrogens (tertiary/aromatic N) is 2. The van der Waals surface area contributed by atoms with E-state index in [2.05, 4.69) is 15.5 Å². The predicted octanol–water partition coefficient (Wildman–Crippen LogP) is 2.60. The zero-order valence-electron chi connectivity index (χ0n) is 11.6. The molecule has 0 saturated heterocycles. The standard InChI is InChI=1S/C15H11N3O3S/c1-9-17-18-15(22-9)16-13(19)7-6-10-8-21-12-5-3-2-4-11(12)14(10)20/h2-8H,1H3,(H,16,18,19)/b7-6+. The minimum absolute atomic E-state index is 0.183. The van der Waals surface area contributed by atoms with E-state index in [1.807, 2.05) is 0 Å². The van der Waals surface area contributed by atoms with Crippen molar-refractivity contribution in [3.05, 3.63) is 57.4 Å². The fourth-order valence-electron chi connectivity index (χ4n) is 1.87. The van der Waals surface area contributed by atoms with Crippen LogP contribution in [0.2, 0.25) is 0 Å². The van der Waals surface area contributed by atoms with Crippen molar-refractivity contribution in [1.82, 2.24) is 10.2 Å². The molecule has 1 aromatic carbocycles. The van der Waals surface area contributed by atoms with E-state index >= 15 is 0 Å². The second kappa shape index (κ2) is 5.90. The highest BCUT2D eigenvalue weighted by atomic mass is 32.1. The topological polar surface area (TPSA) is 85.1 Å². The van der Waals surface area contributed by atoms with Gasteiger partial charge in [-0.3, -0.25) is 14.9 Å². The molecule has 7 heteroatoms. The van der Waals surface area contributed by atoms with Crippen molar-refractivity contribution >= 4 is 39.4 Å². The third-order valence-electron chi connectivity index (χ3n) is 2.88. The van der Waals surface area contributed by atoms with Crippen LogP contribution in [0.5, 0.6) is 0 Å². The van der Waals surface area contributed by atoms with E-state index in [1.54, 1.807) is 31.2 Å². The van der Waals surface area contributed by atoms with Gasteiger partial charge < -0.3 is 4.42 Å². The molecule has 0 radical (unpaired) electrons. The smallest absolute Gasteiger partial charge is 0.250 e. The van der Waals surface area contributed by atoms with Crippen LogP contribution in [0.25, 0.3) is 17.0 Å². The quantitative estimate of drug-likeness (QED) is 0.751. The van der Waals surface area contributed by atoms with Gasteiger partial charge in [0.1, 0.15) is 16.9 Å². The van der Waals surface area contributed by atoms with Gasteiger partial charge in [0.2, 0.25) is 11.0 Å². The number of amides is 1. The number of benzene rings is 1. The van der Waals surface area contributed by atoms with Crippen LogP contribution in [0.3, 0.4) is 0 Å². The number of hydrogen-bond acceptors (Lipinski definition) is 6. The highest BCUT2D eigenvalue weighted by Crippen LogP contribution is 2.14. The van der Waals surface area contributed by atoms with Crippen molar-refractivity contribution in [1.29, 1.82) is 0 Å². The van der Waals surface area contributed by atoms with E-state index in [0.717, 1.165) is 5.01 Å². The largest absolute Gasteiger partial charge is 0.463 e. The number of para-hydroxylation sites is 1. The number of rotatable bonds is 3. The van der Waals surface area contributed by atoms with Crippen LogP contribution in [0.1, 0.15) is 10.6 Å². The fraction of sp³-hybridized carbons (Fsp3) is 0.0667. The highest BCUT2D eigenvalue weighted by molar-refractivity contribution is 7.15. The van der Waals surface area contributed by atoms with Crippen LogP contribution in [0.15, 0.2) is 45.8 Å². The van der Waals surface area contributed by atoms with Gasteiger partial charge >= 0.3 is 0 Å². The molecule has 0 aliphatic heterocycles. The Balaban J connectivity index is 1.82. The minimum atomic E-state index is -0.385. The molecule has 0 aliphatic carbocycles. The number of hydrogen-bond donors (Lipinski definition) is 1. The molecule has 0 unspecified atom stereocenters. The van der Waals surface area contributed by atoms with Crippen molar-refractivity contribution in [2.75, 3.05) is 5.32 Å². The predicted molar refractivity (Wildman–Crippen MR) is 84.8 cm³/mol. The van der Waals surface area contributed by atoms with Crippen molar-refractivity contribution in [3.8, 4) is 0 Å². The molecule has 0 fully saturated rings. The molecule has 3 aromatic rings. The molecule has 2 aromatic heterocycles. The Bertz CT molecular complexity index is 927. The first-order valence-electron chi connectivity index (χ1n) is 6.43. The maximum absolute atomic E-state index is 12.2. The molecule has 22 heavy (non-hydrogen) atoms. The monoisotopic (exact) mass is 313 g/mol. The first kappa shape index (κ1) is 14.2. The fourth-order valence-corrected chi connectivity index (χ4v) is 2.46. The van der Waals surface area contributed by atoms with E-state index < -0.39 is 0 Å². The molecule has 0 atom stereocenters. The van der Waals surface area contributed by atoms with Gasteiger partial charge in [0.25, 0.3) is 0 Å². The summed E-state index contributed by atoms with van der Waals surface area (Å²) in [5.41, 5.74) is 0.637.